The van der Waals surface area contributed by atoms with Gasteiger partial charge in [-0.3, -0.25) is 14.6 Å². The van der Waals surface area contributed by atoms with Gasteiger partial charge in [0.2, 0.25) is 5.91 Å². The van der Waals surface area contributed by atoms with E-state index in [2.05, 4.69) is 11.5 Å². The summed E-state index contributed by atoms with van der Waals surface area (Å²) in [7, 11) is 4.38. The lowest BCUT2D eigenvalue weighted by Crippen LogP contribution is -2.61. The molecule has 1 N–H and O–H groups in total. The maximum absolute atomic E-state index is 16.2. The number of halogens is 5. The Morgan fingerprint density at radius 3 is 2.11 bits per heavy atom. The molecule has 332 valence electrons. The van der Waals surface area contributed by atoms with Crippen molar-refractivity contribution in [2.24, 2.45) is 10.8 Å². The number of alkyl halides is 5. The monoisotopic (exact) mass is 853 g/mol. The van der Waals surface area contributed by atoms with Gasteiger partial charge in [0.25, 0.3) is 11.8 Å². The van der Waals surface area contributed by atoms with Crippen LogP contribution in [0.3, 0.4) is 0 Å². The Kier molecular flexibility index (Phi) is 13.4. The van der Waals surface area contributed by atoms with Crippen LogP contribution in [0.1, 0.15) is 76.8 Å². The molecule has 3 aromatic rings. The van der Waals surface area contributed by atoms with E-state index in [4.69, 9.17) is 9.47 Å². The summed E-state index contributed by atoms with van der Waals surface area (Å²) in [5, 5.41) is 12.0. The van der Waals surface area contributed by atoms with Crippen LogP contribution in [0.25, 0.3) is 21.9 Å². The average molecular weight is 854 g/mol. The molecule has 2 heterocycles. The van der Waals surface area contributed by atoms with Crippen LogP contribution in [0.4, 0.5) is 22.0 Å². The molecule has 13 heteroatoms. The molecule has 1 aliphatic carbocycles. The maximum atomic E-state index is 16.2. The summed E-state index contributed by atoms with van der Waals surface area (Å²) in [6.45, 7) is 8.92. The number of hydrogen-bond acceptors (Lipinski definition) is 6. The minimum atomic E-state index is -3.75. The zero-order chi connectivity index (χ0) is 44.5. The fourth-order valence-corrected chi connectivity index (χ4v) is 10.1. The summed E-state index contributed by atoms with van der Waals surface area (Å²) >= 11 is 0. The molecule has 2 atom stereocenters. The highest BCUT2D eigenvalue weighted by Crippen LogP contribution is 2.61. The summed E-state index contributed by atoms with van der Waals surface area (Å²) < 4.78 is 89.4. The molecule has 3 fully saturated rings. The summed E-state index contributed by atoms with van der Waals surface area (Å²) in [5.41, 5.74) is -1.40. The SMILES string of the molecule is C=C(C)C(F)(F)C1(C(=O)N(C)[C@@H](Cc2cccc3c(-c4c(OC)cc(CN5CCC(F)(CCC)C6(CC6)C5)cc4OC)cccc23)C(=O)O)CCN(CC(F)(F)/C=C/C)CC1. The second kappa shape index (κ2) is 17.7. The second-order valence-corrected chi connectivity index (χ2v) is 17.6. The van der Waals surface area contributed by atoms with E-state index in [-0.39, 0.29) is 24.9 Å². The van der Waals surface area contributed by atoms with Crippen molar-refractivity contribution in [1.29, 1.82) is 0 Å². The van der Waals surface area contributed by atoms with E-state index in [1.807, 2.05) is 43.3 Å². The van der Waals surface area contributed by atoms with E-state index >= 15 is 13.2 Å². The molecule has 3 aliphatic rings. The molecule has 6 rings (SSSR count). The fraction of sp³-hybridized carbons (Fsp3) is 0.542. The van der Waals surface area contributed by atoms with Crippen LogP contribution in [-0.2, 0) is 22.6 Å². The smallest absolute Gasteiger partial charge is 0.326 e. The van der Waals surface area contributed by atoms with Gasteiger partial charge in [0.1, 0.15) is 28.6 Å². The Morgan fingerprint density at radius 2 is 1.56 bits per heavy atom. The number of carbonyl (C=O) groups excluding carboxylic acids is 1. The Hall–Kier alpha value is -4.49. The van der Waals surface area contributed by atoms with Gasteiger partial charge in [-0.1, -0.05) is 62.4 Å². The van der Waals surface area contributed by atoms with Gasteiger partial charge in [-0.05, 0) is 117 Å². The average Bonchev–Trinajstić information content (AvgIpc) is 4.01. The number of carboxylic acids is 1. The van der Waals surface area contributed by atoms with Crippen LogP contribution in [0.2, 0.25) is 0 Å². The van der Waals surface area contributed by atoms with Gasteiger partial charge < -0.3 is 19.5 Å². The fourth-order valence-electron chi connectivity index (χ4n) is 10.1. The first kappa shape index (κ1) is 46.0. The molecule has 2 saturated heterocycles. The number of amides is 1. The number of benzene rings is 3. The number of rotatable bonds is 17. The number of likely N-dealkylation sites (tertiary alicyclic amines) is 2. The lowest BCUT2D eigenvalue weighted by Gasteiger charge is -2.47. The third kappa shape index (κ3) is 8.78. The number of allylic oxidation sites excluding steroid dienone is 2. The van der Waals surface area contributed by atoms with Crippen molar-refractivity contribution in [1.82, 2.24) is 14.7 Å². The zero-order valence-corrected chi connectivity index (χ0v) is 36.3. The Morgan fingerprint density at radius 1 is 0.951 bits per heavy atom. The quantitative estimate of drug-likeness (QED) is 0.107. The van der Waals surface area contributed by atoms with E-state index in [1.165, 1.54) is 24.9 Å². The molecule has 1 amide bonds. The van der Waals surface area contributed by atoms with Gasteiger partial charge in [0.15, 0.2) is 0 Å². The van der Waals surface area contributed by atoms with Gasteiger partial charge in [-0.15, -0.1) is 0 Å². The van der Waals surface area contributed by atoms with Crippen molar-refractivity contribution in [2.45, 2.75) is 102 Å². The number of fused-ring (bicyclic) bond motifs is 1. The molecule has 2 aliphatic heterocycles. The molecule has 0 radical (unpaired) electrons. The van der Waals surface area contributed by atoms with Crippen LogP contribution in [0.15, 0.2) is 72.8 Å². The van der Waals surface area contributed by atoms with E-state index in [0.717, 1.165) is 53.7 Å². The van der Waals surface area contributed by atoms with E-state index in [9.17, 15) is 23.5 Å². The van der Waals surface area contributed by atoms with Crippen LogP contribution in [-0.4, -0.2) is 109 Å². The number of likely N-dealkylation sites (N-methyl/N-ethyl adjacent to an activating group) is 1. The van der Waals surface area contributed by atoms with Crippen molar-refractivity contribution in [3.63, 3.8) is 0 Å². The lowest BCUT2D eigenvalue weighted by molar-refractivity contribution is -0.177. The van der Waals surface area contributed by atoms with Crippen molar-refractivity contribution >= 4 is 22.6 Å². The Balaban J connectivity index is 1.29. The summed E-state index contributed by atoms with van der Waals surface area (Å²) in [6.07, 6.45) is 4.57. The number of ether oxygens (including phenoxy) is 2. The largest absolute Gasteiger partial charge is 0.496 e. The van der Waals surface area contributed by atoms with Crippen LogP contribution >= 0.6 is 0 Å². The number of hydrogen-bond donors (Lipinski definition) is 1. The highest BCUT2D eigenvalue weighted by molar-refractivity contribution is 6.01. The third-order valence-corrected chi connectivity index (χ3v) is 13.6. The topological polar surface area (TPSA) is 82.5 Å². The minimum Gasteiger partial charge on any atom is -0.496 e. The predicted molar refractivity (Wildman–Crippen MR) is 228 cm³/mol. The first-order valence-electron chi connectivity index (χ1n) is 21.3. The number of aliphatic carboxylic acids is 1. The van der Waals surface area contributed by atoms with Crippen molar-refractivity contribution in [2.75, 3.05) is 54.0 Å². The van der Waals surface area contributed by atoms with Crippen LogP contribution < -0.4 is 9.47 Å². The molecule has 1 spiro atoms. The summed E-state index contributed by atoms with van der Waals surface area (Å²) in [6, 6.07) is 13.4. The van der Waals surface area contributed by atoms with E-state index in [0.29, 0.717) is 60.5 Å². The lowest BCUT2D eigenvalue weighted by atomic mass is 9.69. The highest BCUT2D eigenvalue weighted by Gasteiger charge is 2.63. The zero-order valence-electron chi connectivity index (χ0n) is 36.3. The standard InChI is InChI=1S/C48H60F5N3O5/c1-8-16-46(49)22-25-56(30-44(46)18-19-44)29-33-26-39(60-6)41(40(27-33)61-7)37-15-11-13-35-34(12-10-14-36(35)37)28-38(42(57)58)54(5)43(59)45(48(52,53)32(3)4)20-23-55(24-21-45)31-47(50,51)17-9-2/h9-15,17,26-27,38H,3,8,16,18-25,28-31H2,1-2,4-7H3,(H,57,58)/b17-9+/t38-,46?/m0/s1. The highest BCUT2D eigenvalue weighted by atomic mass is 19.3. The van der Waals surface area contributed by atoms with Crippen LogP contribution in [0.5, 0.6) is 11.5 Å². The molecular formula is C48H60F5N3O5. The van der Waals surface area contributed by atoms with Crippen molar-refractivity contribution in [3.05, 3.63) is 84.0 Å². The van der Waals surface area contributed by atoms with Crippen molar-refractivity contribution < 1.29 is 46.1 Å². The van der Waals surface area contributed by atoms with E-state index < -0.39 is 65.8 Å². The predicted octanol–water partition coefficient (Wildman–Crippen LogP) is 9.98. The molecule has 61 heavy (non-hydrogen) atoms. The molecule has 1 saturated carbocycles. The Bertz CT molecular complexity index is 2120. The molecule has 0 bridgehead atoms. The molecular weight excluding hydrogens is 794 g/mol. The van der Waals surface area contributed by atoms with Crippen LogP contribution in [0, 0.1) is 10.8 Å². The van der Waals surface area contributed by atoms with Gasteiger partial charge in [-0.2, -0.15) is 0 Å². The molecule has 1 unspecified atom stereocenters. The first-order valence-corrected chi connectivity index (χ1v) is 21.3. The van der Waals surface area contributed by atoms with E-state index in [1.54, 1.807) is 26.4 Å². The molecule has 0 aromatic heterocycles. The summed E-state index contributed by atoms with van der Waals surface area (Å²) in [5.74, 6) is -8.28. The van der Waals surface area contributed by atoms with Gasteiger partial charge in [0, 0.05) is 38.5 Å². The van der Waals surface area contributed by atoms with Gasteiger partial charge in [0.05, 0.1) is 26.3 Å². The maximum Gasteiger partial charge on any atom is 0.326 e. The number of methoxy groups -OCH3 is 2. The molecule has 3 aromatic carbocycles. The Labute approximate surface area is 356 Å². The first-order chi connectivity index (χ1) is 28.8. The second-order valence-electron chi connectivity index (χ2n) is 17.6. The number of piperidine rings is 2. The number of carbonyl (C=O) groups is 2. The summed E-state index contributed by atoms with van der Waals surface area (Å²) in [4.78, 5) is 32.0. The minimum absolute atomic E-state index is 0.211. The van der Waals surface area contributed by atoms with Gasteiger partial charge >= 0.3 is 5.97 Å². The number of nitrogens with zero attached hydrogens (tertiary/aromatic N) is 3. The normalized spacial score (nSPS) is 21.1. The third-order valence-electron chi connectivity index (χ3n) is 13.6. The molecule has 8 nitrogen and oxygen atoms in total. The van der Waals surface area contributed by atoms with Crippen molar-refractivity contribution in [3.8, 4) is 22.6 Å². The number of carboxylic acid groups (broad SMARTS) is 1. The van der Waals surface area contributed by atoms with Gasteiger partial charge in [-0.25, -0.2) is 26.7 Å².